The number of non-ortho nitro benzene ring substituents is 1. The van der Waals surface area contributed by atoms with E-state index in [4.69, 9.17) is 5.11 Å². The molecule has 1 saturated heterocycles. The fourth-order valence-electron chi connectivity index (χ4n) is 2.76. The van der Waals surface area contributed by atoms with Crippen LogP contribution in [0.1, 0.15) is 31.2 Å². The number of rotatable bonds is 6. The monoisotopic (exact) mass is 264 g/mol. The zero-order valence-electron chi connectivity index (χ0n) is 11.0. The molecule has 5 heteroatoms. The summed E-state index contributed by atoms with van der Waals surface area (Å²) in [5.41, 5.74) is 1.15. The van der Waals surface area contributed by atoms with Gasteiger partial charge >= 0.3 is 0 Å². The Labute approximate surface area is 113 Å². The van der Waals surface area contributed by atoms with E-state index in [2.05, 4.69) is 4.90 Å². The molecule has 0 amide bonds. The van der Waals surface area contributed by atoms with Crippen molar-refractivity contribution < 1.29 is 10.0 Å². The quantitative estimate of drug-likeness (QED) is 0.632. The molecule has 104 valence electrons. The molecule has 1 atom stereocenters. The highest BCUT2D eigenvalue weighted by Gasteiger charge is 2.24. The van der Waals surface area contributed by atoms with Gasteiger partial charge in [0.25, 0.3) is 5.69 Å². The third-order valence-corrected chi connectivity index (χ3v) is 3.70. The fraction of sp³-hybridized carbons (Fsp3) is 0.571. The Bertz CT molecular complexity index is 436. The number of likely N-dealkylation sites (tertiary alicyclic amines) is 1. The van der Waals surface area contributed by atoms with E-state index in [0.717, 1.165) is 37.9 Å². The lowest BCUT2D eigenvalue weighted by molar-refractivity contribution is -0.384. The summed E-state index contributed by atoms with van der Waals surface area (Å²) in [5, 5.41) is 19.7. The lowest BCUT2D eigenvalue weighted by atomic mass is 10.1. The highest BCUT2D eigenvalue weighted by Crippen LogP contribution is 2.24. The largest absolute Gasteiger partial charge is 0.396 e. The van der Waals surface area contributed by atoms with Crippen LogP contribution in [-0.4, -0.2) is 34.1 Å². The van der Waals surface area contributed by atoms with E-state index in [-0.39, 0.29) is 17.2 Å². The molecule has 19 heavy (non-hydrogen) atoms. The summed E-state index contributed by atoms with van der Waals surface area (Å²) >= 11 is 0. The molecule has 5 nitrogen and oxygen atoms in total. The van der Waals surface area contributed by atoms with Crippen molar-refractivity contribution in [3.05, 3.63) is 39.9 Å². The van der Waals surface area contributed by atoms with Gasteiger partial charge in [0.05, 0.1) is 4.92 Å². The van der Waals surface area contributed by atoms with Gasteiger partial charge in [-0.2, -0.15) is 0 Å². The molecule has 0 radical (unpaired) electrons. The first-order valence-electron chi connectivity index (χ1n) is 6.79. The van der Waals surface area contributed by atoms with Gasteiger partial charge in [-0.15, -0.1) is 0 Å². The minimum absolute atomic E-state index is 0.156. The lowest BCUT2D eigenvalue weighted by Crippen LogP contribution is -2.29. The first kappa shape index (κ1) is 14.0. The molecule has 1 aliphatic rings. The number of aliphatic hydroxyl groups is 1. The van der Waals surface area contributed by atoms with E-state index in [1.54, 1.807) is 12.1 Å². The third-order valence-electron chi connectivity index (χ3n) is 3.70. The number of hydrogen-bond acceptors (Lipinski definition) is 4. The lowest BCUT2D eigenvalue weighted by Gasteiger charge is -2.24. The number of benzene rings is 1. The molecule has 0 aliphatic carbocycles. The van der Waals surface area contributed by atoms with Gasteiger partial charge in [0.1, 0.15) is 0 Å². The Morgan fingerprint density at radius 3 is 3.05 bits per heavy atom. The normalized spacial score (nSPS) is 19.7. The van der Waals surface area contributed by atoms with Gasteiger partial charge in [-0.1, -0.05) is 12.1 Å². The van der Waals surface area contributed by atoms with Crippen LogP contribution < -0.4 is 0 Å². The predicted molar refractivity (Wildman–Crippen MR) is 72.8 cm³/mol. The third kappa shape index (κ3) is 3.75. The standard InChI is InChI=1S/C14H20N2O3/c17-9-3-7-13-6-2-8-15(13)11-12-4-1-5-14(10-12)16(18)19/h1,4-5,10,13,17H,2-3,6-9,11H2. The van der Waals surface area contributed by atoms with Gasteiger partial charge in [0.15, 0.2) is 0 Å². The van der Waals surface area contributed by atoms with Crippen LogP contribution in [0.3, 0.4) is 0 Å². The van der Waals surface area contributed by atoms with Crippen LogP contribution in [0.4, 0.5) is 5.69 Å². The van der Waals surface area contributed by atoms with Crippen molar-refractivity contribution in [2.24, 2.45) is 0 Å². The number of nitro benzene ring substituents is 1. The molecule has 0 spiro atoms. The second kappa shape index (κ2) is 6.63. The van der Waals surface area contributed by atoms with Gasteiger partial charge < -0.3 is 5.11 Å². The van der Waals surface area contributed by atoms with Crippen LogP contribution in [0, 0.1) is 10.1 Å². The minimum Gasteiger partial charge on any atom is -0.396 e. The summed E-state index contributed by atoms with van der Waals surface area (Å²) < 4.78 is 0. The van der Waals surface area contributed by atoms with E-state index < -0.39 is 0 Å². The molecule has 1 heterocycles. The van der Waals surface area contributed by atoms with Crippen LogP contribution in [0.5, 0.6) is 0 Å². The number of aliphatic hydroxyl groups excluding tert-OH is 1. The Morgan fingerprint density at radius 1 is 1.47 bits per heavy atom. The number of nitrogens with zero attached hydrogens (tertiary/aromatic N) is 2. The van der Waals surface area contributed by atoms with Crippen LogP contribution in [-0.2, 0) is 6.54 Å². The van der Waals surface area contributed by atoms with Crippen molar-refractivity contribution in [3.8, 4) is 0 Å². The smallest absolute Gasteiger partial charge is 0.269 e. The maximum atomic E-state index is 10.8. The zero-order chi connectivity index (χ0) is 13.7. The average Bonchev–Trinajstić information content (AvgIpc) is 2.84. The molecule has 0 bridgehead atoms. The summed E-state index contributed by atoms with van der Waals surface area (Å²) in [5.74, 6) is 0. The van der Waals surface area contributed by atoms with E-state index in [0.29, 0.717) is 6.04 Å². The van der Waals surface area contributed by atoms with Crippen LogP contribution in [0.15, 0.2) is 24.3 Å². The van der Waals surface area contributed by atoms with Gasteiger partial charge in [0.2, 0.25) is 0 Å². The minimum atomic E-state index is -0.350. The van der Waals surface area contributed by atoms with Crippen LogP contribution in [0.2, 0.25) is 0 Å². The van der Waals surface area contributed by atoms with E-state index >= 15 is 0 Å². The predicted octanol–water partition coefficient (Wildman–Crippen LogP) is 2.33. The molecular formula is C14H20N2O3. The second-order valence-corrected chi connectivity index (χ2v) is 5.06. The Kier molecular flexibility index (Phi) is 4.87. The molecule has 1 aliphatic heterocycles. The number of nitro groups is 1. The Hall–Kier alpha value is -1.46. The summed E-state index contributed by atoms with van der Waals surface area (Å²) in [7, 11) is 0. The Morgan fingerprint density at radius 2 is 2.32 bits per heavy atom. The summed E-state index contributed by atoms with van der Waals surface area (Å²) in [6, 6.07) is 7.37. The SMILES string of the molecule is O=[N+]([O-])c1cccc(CN2CCCC2CCCO)c1. The highest BCUT2D eigenvalue weighted by molar-refractivity contribution is 5.34. The van der Waals surface area contributed by atoms with Crippen molar-refractivity contribution in [2.75, 3.05) is 13.2 Å². The first-order chi connectivity index (χ1) is 9.20. The van der Waals surface area contributed by atoms with Gasteiger partial charge in [0, 0.05) is 31.3 Å². The van der Waals surface area contributed by atoms with Gasteiger partial charge in [-0.25, -0.2) is 0 Å². The molecule has 1 aromatic rings. The van der Waals surface area contributed by atoms with Crippen molar-refractivity contribution in [3.63, 3.8) is 0 Å². The number of hydrogen-bond donors (Lipinski definition) is 1. The topological polar surface area (TPSA) is 66.6 Å². The molecule has 1 fully saturated rings. The summed E-state index contributed by atoms with van der Waals surface area (Å²) in [4.78, 5) is 12.8. The maximum absolute atomic E-state index is 10.8. The maximum Gasteiger partial charge on any atom is 0.269 e. The molecule has 1 unspecified atom stereocenters. The van der Waals surface area contributed by atoms with Crippen molar-refractivity contribution in [1.29, 1.82) is 0 Å². The van der Waals surface area contributed by atoms with Crippen LogP contribution in [0.25, 0.3) is 0 Å². The summed E-state index contributed by atoms with van der Waals surface area (Å²) in [6.07, 6.45) is 4.17. The van der Waals surface area contributed by atoms with Gasteiger partial charge in [-0.3, -0.25) is 15.0 Å². The summed E-state index contributed by atoms with van der Waals surface area (Å²) in [6.45, 7) is 2.04. The van der Waals surface area contributed by atoms with E-state index in [1.165, 1.54) is 12.5 Å². The second-order valence-electron chi connectivity index (χ2n) is 5.06. The van der Waals surface area contributed by atoms with Crippen molar-refractivity contribution in [1.82, 2.24) is 4.90 Å². The molecular weight excluding hydrogens is 244 g/mol. The fourth-order valence-corrected chi connectivity index (χ4v) is 2.76. The van der Waals surface area contributed by atoms with E-state index in [1.807, 2.05) is 6.07 Å². The first-order valence-corrected chi connectivity index (χ1v) is 6.79. The Balaban J connectivity index is 1.99. The molecule has 0 aromatic heterocycles. The van der Waals surface area contributed by atoms with Gasteiger partial charge in [-0.05, 0) is 37.8 Å². The van der Waals surface area contributed by atoms with Crippen molar-refractivity contribution >= 4 is 5.69 Å². The highest BCUT2D eigenvalue weighted by atomic mass is 16.6. The van der Waals surface area contributed by atoms with Crippen molar-refractivity contribution in [2.45, 2.75) is 38.3 Å². The average molecular weight is 264 g/mol. The molecule has 0 saturated carbocycles. The zero-order valence-corrected chi connectivity index (χ0v) is 11.0. The van der Waals surface area contributed by atoms with E-state index in [9.17, 15) is 10.1 Å². The molecule has 1 N–H and O–H groups in total. The van der Waals surface area contributed by atoms with Crippen LogP contribution >= 0.6 is 0 Å². The molecule has 2 rings (SSSR count). The molecule has 1 aromatic carbocycles.